The van der Waals surface area contributed by atoms with Gasteiger partial charge in [-0.2, -0.15) is 0 Å². The minimum absolute atomic E-state index is 0.0224. The fourth-order valence-electron chi connectivity index (χ4n) is 3.17. The van der Waals surface area contributed by atoms with Crippen LogP contribution in [0.3, 0.4) is 0 Å². The highest BCUT2D eigenvalue weighted by molar-refractivity contribution is 7.09. The molecule has 0 unspecified atom stereocenters. The van der Waals surface area contributed by atoms with Crippen LogP contribution in [0.1, 0.15) is 49.4 Å². The lowest BCUT2D eigenvalue weighted by atomic mass is 9.97. The highest BCUT2D eigenvalue weighted by Gasteiger charge is 2.37. The van der Waals surface area contributed by atoms with E-state index in [9.17, 15) is 9.59 Å². The van der Waals surface area contributed by atoms with Gasteiger partial charge in [0, 0.05) is 24.2 Å². The summed E-state index contributed by atoms with van der Waals surface area (Å²) in [5, 5.41) is 6.23. The topological polar surface area (TPSA) is 71.5 Å². The average molecular weight is 351 g/mol. The Morgan fingerprint density at radius 1 is 1.46 bits per heavy atom. The number of carbonyl (C=O) groups is 2. The summed E-state index contributed by atoms with van der Waals surface area (Å²) in [7, 11) is 0. The van der Waals surface area contributed by atoms with E-state index in [0.717, 1.165) is 36.4 Å². The Morgan fingerprint density at radius 2 is 2.25 bits per heavy atom. The molecule has 2 heterocycles. The van der Waals surface area contributed by atoms with Gasteiger partial charge < -0.3 is 15.0 Å². The number of rotatable bonds is 5. The van der Waals surface area contributed by atoms with E-state index in [1.165, 1.54) is 0 Å². The van der Waals surface area contributed by atoms with Crippen LogP contribution in [0.2, 0.25) is 0 Å². The van der Waals surface area contributed by atoms with Gasteiger partial charge in [-0.15, -0.1) is 11.3 Å². The first-order valence-corrected chi connectivity index (χ1v) is 9.60. The molecule has 2 atom stereocenters. The van der Waals surface area contributed by atoms with Gasteiger partial charge in [0.2, 0.25) is 5.91 Å². The van der Waals surface area contributed by atoms with E-state index < -0.39 is 0 Å². The smallest absolute Gasteiger partial charge is 0.409 e. The molecule has 24 heavy (non-hydrogen) atoms. The predicted octanol–water partition coefficient (Wildman–Crippen LogP) is 2.89. The van der Waals surface area contributed by atoms with Crippen molar-refractivity contribution >= 4 is 23.3 Å². The molecule has 7 heteroatoms. The molecule has 6 nitrogen and oxygen atoms in total. The minimum atomic E-state index is -0.315. The number of nitrogens with one attached hydrogen (secondary N) is 1. The van der Waals surface area contributed by atoms with Gasteiger partial charge in [0.1, 0.15) is 5.01 Å². The Labute approximate surface area is 146 Å². The van der Waals surface area contributed by atoms with E-state index in [4.69, 9.17) is 4.74 Å². The average Bonchev–Trinajstić information content (AvgIpc) is 3.33. The number of hydrogen-bond acceptors (Lipinski definition) is 5. The second kappa shape index (κ2) is 7.51. The van der Waals surface area contributed by atoms with Crippen LogP contribution < -0.4 is 5.32 Å². The molecule has 1 saturated carbocycles. The van der Waals surface area contributed by atoms with Crippen molar-refractivity contribution in [1.82, 2.24) is 15.2 Å². The van der Waals surface area contributed by atoms with Crippen molar-refractivity contribution in [2.45, 2.75) is 45.6 Å². The minimum Gasteiger partial charge on any atom is -0.450 e. The zero-order valence-corrected chi connectivity index (χ0v) is 15.1. The van der Waals surface area contributed by atoms with E-state index >= 15 is 0 Å². The third-order valence-electron chi connectivity index (χ3n) is 4.61. The lowest BCUT2D eigenvalue weighted by molar-refractivity contribution is -0.127. The lowest BCUT2D eigenvalue weighted by Gasteiger charge is -2.32. The molecule has 1 aliphatic heterocycles. The van der Waals surface area contributed by atoms with E-state index in [1.807, 2.05) is 12.3 Å². The van der Waals surface area contributed by atoms with Crippen LogP contribution in [-0.2, 0) is 9.53 Å². The maximum absolute atomic E-state index is 12.7. The van der Waals surface area contributed by atoms with Crippen molar-refractivity contribution < 1.29 is 14.3 Å². The molecule has 0 radical (unpaired) electrons. The quantitative estimate of drug-likeness (QED) is 0.885. The molecule has 1 aromatic heterocycles. The third kappa shape index (κ3) is 4.06. The Bertz CT molecular complexity index is 600. The van der Waals surface area contributed by atoms with Crippen molar-refractivity contribution in [2.75, 3.05) is 19.7 Å². The third-order valence-corrected chi connectivity index (χ3v) is 5.66. The number of nitrogens with zero attached hydrogens (tertiary/aromatic N) is 2. The maximum Gasteiger partial charge on any atom is 0.409 e. The monoisotopic (exact) mass is 351 g/mol. The SMILES string of the molecule is CCOC(=O)N1CCC[C@@H](C(=O)N[C@@H](c2nc(C)cs2)C2CC2)C1. The molecule has 132 valence electrons. The molecular weight excluding hydrogens is 326 g/mol. The summed E-state index contributed by atoms with van der Waals surface area (Å²) in [6, 6.07) is 0.0224. The number of piperidine rings is 1. The first-order valence-electron chi connectivity index (χ1n) is 8.72. The van der Waals surface area contributed by atoms with Crippen molar-refractivity contribution in [2.24, 2.45) is 11.8 Å². The van der Waals surface area contributed by atoms with Gasteiger partial charge in [-0.05, 0) is 45.4 Å². The Kier molecular flexibility index (Phi) is 5.38. The molecule has 2 amide bonds. The summed E-state index contributed by atoms with van der Waals surface area (Å²) >= 11 is 1.62. The molecule has 3 rings (SSSR count). The standard InChI is InChI=1S/C17H25N3O3S/c1-3-23-17(22)20-8-4-5-13(9-20)15(21)19-14(12-6-7-12)16-18-11(2)10-24-16/h10,12-14H,3-9H2,1-2H3,(H,19,21)/t13-,14-/m1/s1. The van der Waals surface area contributed by atoms with E-state index in [2.05, 4.69) is 10.3 Å². The molecule has 0 bridgehead atoms. The first-order chi connectivity index (χ1) is 11.6. The molecule has 1 saturated heterocycles. The number of carbonyl (C=O) groups excluding carboxylic acids is 2. The number of aryl methyl sites for hydroxylation is 1. The van der Waals surface area contributed by atoms with Gasteiger partial charge in [0.25, 0.3) is 0 Å². The van der Waals surface area contributed by atoms with Crippen molar-refractivity contribution in [3.8, 4) is 0 Å². The summed E-state index contributed by atoms with van der Waals surface area (Å²) in [5.41, 5.74) is 1.00. The first kappa shape index (κ1) is 17.2. The predicted molar refractivity (Wildman–Crippen MR) is 91.8 cm³/mol. The maximum atomic E-state index is 12.7. The van der Waals surface area contributed by atoms with Crippen molar-refractivity contribution in [3.05, 3.63) is 16.1 Å². The largest absolute Gasteiger partial charge is 0.450 e. The summed E-state index contributed by atoms with van der Waals surface area (Å²) in [6.07, 6.45) is 3.62. The molecule has 2 fully saturated rings. The summed E-state index contributed by atoms with van der Waals surface area (Å²) < 4.78 is 5.06. The normalized spacial score (nSPS) is 22.1. The Hall–Kier alpha value is -1.63. The summed E-state index contributed by atoms with van der Waals surface area (Å²) in [4.78, 5) is 30.8. The van der Waals surface area contributed by atoms with Gasteiger partial charge in [-0.25, -0.2) is 9.78 Å². The number of amides is 2. The second-order valence-corrected chi connectivity index (χ2v) is 7.52. The Morgan fingerprint density at radius 3 is 2.88 bits per heavy atom. The number of ether oxygens (including phenoxy) is 1. The molecule has 0 spiro atoms. The fraction of sp³-hybridized carbons (Fsp3) is 0.706. The van der Waals surface area contributed by atoms with E-state index in [0.29, 0.717) is 25.6 Å². The van der Waals surface area contributed by atoms with Gasteiger partial charge in [-0.3, -0.25) is 4.79 Å². The zero-order chi connectivity index (χ0) is 17.1. The molecular formula is C17H25N3O3S. The molecule has 1 aliphatic carbocycles. The Balaban J connectivity index is 1.61. The van der Waals surface area contributed by atoms with Gasteiger partial charge >= 0.3 is 6.09 Å². The van der Waals surface area contributed by atoms with Crippen molar-refractivity contribution in [3.63, 3.8) is 0 Å². The van der Waals surface area contributed by atoms with Gasteiger partial charge in [-0.1, -0.05) is 0 Å². The number of thiazole rings is 1. The number of hydrogen-bond donors (Lipinski definition) is 1. The zero-order valence-electron chi connectivity index (χ0n) is 14.3. The fourth-order valence-corrected chi connectivity index (χ4v) is 4.11. The molecule has 2 aliphatic rings. The van der Waals surface area contributed by atoms with Crippen LogP contribution in [-0.4, -0.2) is 41.6 Å². The molecule has 1 aromatic rings. The highest BCUT2D eigenvalue weighted by atomic mass is 32.1. The lowest BCUT2D eigenvalue weighted by Crippen LogP contribution is -2.46. The van der Waals surface area contributed by atoms with Crippen LogP contribution in [0, 0.1) is 18.8 Å². The number of aromatic nitrogens is 1. The summed E-state index contributed by atoms with van der Waals surface area (Å²) in [5.74, 6) is 0.378. The highest BCUT2D eigenvalue weighted by Crippen LogP contribution is 2.42. The van der Waals surface area contributed by atoms with Gasteiger partial charge in [0.15, 0.2) is 0 Å². The van der Waals surface area contributed by atoms with Crippen LogP contribution in [0.25, 0.3) is 0 Å². The van der Waals surface area contributed by atoms with Crippen LogP contribution in [0.5, 0.6) is 0 Å². The molecule has 1 N–H and O–H groups in total. The van der Waals surface area contributed by atoms with E-state index in [-0.39, 0.29) is 24.0 Å². The van der Waals surface area contributed by atoms with Crippen LogP contribution in [0.15, 0.2) is 5.38 Å². The summed E-state index contributed by atoms with van der Waals surface area (Å²) in [6.45, 7) is 5.24. The number of likely N-dealkylation sites (tertiary alicyclic amines) is 1. The second-order valence-electron chi connectivity index (χ2n) is 6.63. The molecule has 0 aromatic carbocycles. The van der Waals surface area contributed by atoms with Crippen LogP contribution in [0.4, 0.5) is 4.79 Å². The van der Waals surface area contributed by atoms with E-state index in [1.54, 1.807) is 23.2 Å². The van der Waals surface area contributed by atoms with Gasteiger partial charge in [0.05, 0.1) is 18.6 Å². The van der Waals surface area contributed by atoms with Crippen LogP contribution >= 0.6 is 11.3 Å². The van der Waals surface area contributed by atoms with Crippen molar-refractivity contribution in [1.29, 1.82) is 0 Å².